The molecule has 1 fully saturated rings. The minimum Gasteiger partial charge on any atom is -0.457 e. The van der Waals surface area contributed by atoms with E-state index in [0.29, 0.717) is 36.8 Å². The van der Waals surface area contributed by atoms with Crippen LogP contribution in [0.4, 0.5) is 4.39 Å². The Morgan fingerprint density at radius 2 is 1.68 bits per heavy atom. The van der Waals surface area contributed by atoms with E-state index in [2.05, 4.69) is 5.32 Å². The Hall–Kier alpha value is -3.22. The van der Waals surface area contributed by atoms with E-state index in [-0.39, 0.29) is 17.8 Å². The number of morpholine rings is 1. The Bertz CT molecular complexity index is 989. The fraction of sp³-hybridized carbons (Fsp3) is 0.240. The Labute approximate surface area is 181 Å². The van der Waals surface area contributed by atoms with Gasteiger partial charge in [0.25, 0.3) is 5.91 Å². The molecule has 0 spiro atoms. The van der Waals surface area contributed by atoms with Crippen molar-refractivity contribution in [2.45, 2.75) is 6.04 Å². The summed E-state index contributed by atoms with van der Waals surface area (Å²) in [5.41, 5.74) is 1.53. The summed E-state index contributed by atoms with van der Waals surface area (Å²) in [6.07, 6.45) is 0. The zero-order valence-electron chi connectivity index (χ0n) is 17.2. The lowest BCUT2D eigenvalue weighted by atomic mass is 10.0. The van der Waals surface area contributed by atoms with E-state index in [1.165, 1.54) is 17.0 Å². The molecule has 0 unspecified atom stereocenters. The SMILES string of the molecule is O=C(NC[C@H](c1ccc(F)cc1)[NH+]1CCOCC1)c1cccc(Oc2ccccc2)c1. The molecule has 0 radical (unpaired) electrons. The van der Waals surface area contributed by atoms with Crippen molar-refractivity contribution in [2.75, 3.05) is 32.8 Å². The largest absolute Gasteiger partial charge is 0.457 e. The number of rotatable bonds is 7. The molecule has 6 heteroatoms. The highest BCUT2D eigenvalue weighted by Gasteiger charge is 2.27. The molecule has 1 aliphatic rings. The second-order valence-electron chi connectivity index (χ2n) is 7.53. The quantitative estimate of drug-likeness (QED) is 0.617. The Kier molecular flexibility index (Phi) is 6.92. The van der Waals surface area contributed by atoms with Crippen molar-refractivity contribution in [1.29, 1.82) is 0 Å². The zero-order valence-corrected chi connectivity index (χ0v) is 17.2. The first-order valence-electron chi connectivity index (χ1n) is 10.5. The molecule has 3 aromatic carbocycles. The summed E-state index contributed by atoms with van der Waals surface area (Å²) in [5, 5.41) is 3.05. The molecule has 4 rings (SSSR count). The number of carbonyl (C=O) groups is 1. The Balaban J connectivity index is 1.45. The Morgan fingerprint density at radius 3 is 2.42 bits per heavy atom. The number of ether oxygens (including phenoxy) is 2. The fourth-order valence-corrected chi connectivity index (χ4v) is 3.80. The number of hydrogen-bond acceptors (Lipinski definition) is 3. The standard InChI is InChI=1S/C25H25FN2O3/c26-21-11-9-19(10-12-21)24(28-13-15-30-16-14-28)18-27-25(29)20-5-4-8-23(17-20)31-22-6-2-1-3-7-22/h1-12,17,24H,13-16,18H2,(H,27,29)/p+1/t24-/m1/s1. The summed E-state index contributed by atoms with van der Waals surface area (Å²) in [6, 6.07) is 23.1. The predicted molar refractivity (Wildman–Crippen MR) is 116 cm³/mol. The third-order valence-corrected chi connectivity index (χ3v) is 5.44. The first-order valence-corrected chi connectivity index (χ1v) is 10.5. The van der Waals surface area contributed by atoms with Crippen LogP contribution in [0.15, 0.2) is 78.9 Å². The smallest absolute Gasteiger partial charge is 0.251 e. The van der Waals surface area contributed by atoms with Crippen molar-refractivity contribution >= 4 is 5.91 Å². The predicted octanol–water partition coefficient (Wildman–Crippen LogP) is 3.00. The van der Waals surface area contributed by atoms with Gasteiger partial charge in [-0.25, -0.2) is 4.39 Å². The average Bonchev–Trinajstić information content (AvgIpc) is 2.82. The van der Waals surface area contributed by atoms with Gasteiger partial charge in [0.2, 0.25) is 0 Å². The van der Waals surface area contributed by atoms with Crippen LogP contribution in [0.3, 0.4) is 0 Å². The van der Waals surface area contributed by atoms with E-state index in [1.807, 2.05) is 36.4 Å². The maximum atomic E-state index is 13.4. The topological polar surface area (TPSA) is 52.0 Å². The van der Waals surface area contributed by atoms with Crippen molar-refractivity contribution in [1.82, 2.24) is 5.32 Å². The van der Waals surface area contributed by atoms with Crippen LogP contribution >= 0.6 is 0 Å². The summed E-state index contributed by atoms with van der Waals surface area (Å²) in [4.78, 5) is 14.2. The van der Waals surface area contributed by atoms with E-state index < -0.39 is 0 Å². The lowest BCUT2D eigenvalue weighted by molar-refractivity contribution is -0.937. The second-order valence-corrected chi connectivity index (χ2v) is 7.53. The molecule has 3 aromatic rings. The maximum Gasteiger partial charge on any atom is 0.251 e. The molecule has 0 bridgehead atoms. The van der Waals surface area contributed by atoms with E-state index >= 15 is 0 Å². The molecule has 1 atom stereocenters. The van der Waals surface area contributed by atoms with Gasteiger partial charge in [0.1, 0.15) is 36.4 Å². The molecule has 0 aliphatic carbocycles. The van der Waals surface area contributed by atoms with Crippen molar-refractivity contribution in [3.8, 4) is 11.5 Å². The molecule has 1 saturated heterocycles. The van der Waals surface area contributed by atoms with Crippen LogP contribution in [-0.4, -0.2) is 38.8 Å². The summed E-state index contributed by atoms with van der Waals surface area (Å²) in [5.74, 6) is 0.886. The summed E-state index contributed by atoms with van der Waals surface area (Å²) in [7, 11) is 0. The number of quaternary nitrogens is 1. The van der Waals surface area contributed by atoms with E-state index in [9.17, 15) is 9.18 Å². The van der Waals surface area contributed by atoms with Crippen LogP contribution in [-0.2, 0) is 4.74 Å². The van der Waals surface area contributed by atoms with Crippen molar-refractivity contribution < 1.29 is 23.6 Å². The number of halogens is 1. The first kappa shape index (κ1) is 21.0. The van der Waals surface area contributed by atoms with Gasteiger partial charge in [-0.1, -0.05) is 36.4 Å². The highest BCUT2D eigenvalue weighted by molar-refractivity contribution is 5.94. The molecule has 2 N–H and O–H groups in total. The van der Waals surface area contributed by atoms with Crippen molar-refractivity contribution in [3.05, 3.63) is 95.8 Å². The van der Waals surface area contributed by atoms with Gasteiger partial charge in [0.15, 0.2) is 0 Å². The van der Waals surface area contributed by atoms with Crippen LogP contribution in [0.5, 0.6) is 11.5 Å². The fourth-order valence-electron chi connectivity index (χ4n) is 3.80. The molecule has 5 nitrogen and oxygen atoms in total. The minimum atomic E-state index is -0.265. The highest BCUT2D eigenvalue weighted by atomic mass is 19.1. The van der Waals surface area contributed by atoms with Gasteiger partial charge >= 0.3 is 0 Å². The molecule has 1 aliphatic heterocycles. The van der Waals surface area contributed by atoms with Gasteiger partial charge in [-0.15, -0.1) is 0 Å². The molecule has 0 saturated carbocycles. The monoisotopic (exact) mass is 421 g/mol. The molecular weight excluding hydrogens is 395 g/mol. The number of amides is 1. The summed E-state index contributed by atoms with van der Waals surface area (Å²) < 4.78 is 24.7. The lowest BCUT2D eigenvalue weighted by Gasteiger charge is -2.32. The summed E-state index contributed by atoms with van der Waals surface area (Å²) in [6.45, 7) is 3.50. The third-order valence-electron chi connectivity index (χ3n) is 5.44. The number of hydrogen-bond donors (Lipinski definition) is 2. The Morgan fingerprint density at radius 1 is 0.968 bits per heavy atom. The van der Waals surface area contributed by atoms with Crippen LogP contribution in [0, 0.1) is 5.82 Å². The van der Waals surface area contributed by atoms with Gasteiger partial charge < -0.3 is 19.7 Å². The number of carbonyl (C=O) groups excluding carboxylic acids is 1. The molecule has 1 heterocycles. The van der Waals surface area contributed by atoms with Crippen molar-refractivity contribution in [2.24, 2.45) is 0 Å². The van der Waals surface area contributed by atoms with Crippen molar-refractivity contribution in [3.63, 3.8) is 0 Å². The maximum absolute atomic E-state index is 13.4. The molecule has 0 aromatic heterocycles. The number of benzene rings is 3. The van der Waals surface area contributed by atoms with Crippen LogP contribution in [0.1, 0.15) is 22.0 Å². The van der Waals surface area contributed by atoms with Gasteiger partial charge in [0, 0.05) is 11.1 Å². The van der Waals surface area contributed by atoms with E-state index in [4.69, 9.17) is 9.47 Å². The average molecular weight is 421 g/mol. The van der Waals surface area contributed by atoms with Gasteiger partial charge in [-0.3, -0.25) is 4.79 Å². The first-order chi connectivity index (χ1) is 15.2. The summed E-state index contributed by atoms with van der Waals surface area (Å²) >= 11 is 0. The molecule has 31 heavy (non-hydrogen) atoms. The zero-order chi connectivity index (χ0) is 21.5. The molecule has 160 valence electrons. The van der Waals surface area contributed by atoms with E-state index in [1.54, 1.807) is 30.3 Å². The van der Waals surface area contributed by atoms with Crippen LogP contribution in [0.25, 0.3) is 0 Å². The molecular formula is C25H26FN2O3+. The van der Waals surface area contributed by atoms with Crippen LogP contribution in [0.2, 0.25) is 0 Å². The minimum absolute atomic E-state index is 0.0252. The number of nitrogens with one attached hydrogen (secondary N) is 2. The third kappa shape index (κ3) is 5.69. The molecule has 1 amide bonds. The normalized spacial score (nSPS) is 15.3. The number of para-hydroxylation sites is 1. The van der Waals surface area contributed by atoms with Crippen LogP contribution < -0.4 is 15.0 Å². The van der Waals surface area contributed by atoms with Gasteiger partial charge in [0.05, 0.1) is 19.8 Å². The second kappa shape index (κ2) is 10.2. The van der Waals surface area contributed by atoms with Gasteiger partial charge in [-0.05, 0) is 42.5 Å². The van der Waals surface area contributed by atoms with Gasteiger partial charge in [-0.2, -0.15) is 0 Å². The van der Waals surface area contributed by atoms with E-state index in [0.717, 1.165) is 18.7 Å². The highest BCUT2D eigenvalue weighted by Crippen LogP contribution is 2.22. The lowest BCUT2D eigenvalue weighted by Crippen LogP contribution is -3.15.